The fraction of sp³-hybridized carbons (Fsp3) is 0.222. The summed E-state index contributed by atoms with van der Waals surface area (Å²) in [5.74, 6) is 0.154. The number of phenolic OH excluding ortho intramolecular Hbond substituents is 1. The Morgan fingerprint density at radius 2 is 1.90 bits per heavy atom. The van der Waals surface area contributed by atoms with Gasteiger partial charge >= 0.3 is 6.61 Å². The van der Waals surface area contributed by atoms with Crippen LogP contribution < -0.4 is 4.74 Å². The lowest BCUT2D eigenvalue weighted by Gasteiger charge is -2.17. The van der Waals surface area contributed by atoms with E-state index in [9.17, 15) is 18.7 Å². The molecule has 0 atom stereocenters. The number of phenols is 1. The Morgan fingerprint density at radius 1 is 1.21 bits per heavy atom. The van der Waals surface area contributed by atoms with Crippen LogP contribution in [0.3, 0.4) is 0 Å². The van der Waals surface area contributed by atoms with Crippen LogP contribution in [0.25, 0.3) is 5.69 Å². The number of thioether (sulfide) groups is 1. The number of aromatic nitrogens is 4. The number of hydrogen-bond donors (Lipinski definition) is 1. The predicted octanol–water partition coefficient (Wildman–Crippen LogP) is 2.72. The summed E-state index contributed by atoms with van der Waals surface area (Å²) in [7, 11) is 1.65. The Hall–Kier alpha value is -3.21. The second-order valence-electron chi connectivity index (χ2n) is 5.95. The molecule has 1 amide bonds. The predicted molar refractivity (Wildman–Crippen MR) is 101 cm³/mol. The van der Waals surface area contributed by atoms with E-state index in [4.69, 9.17) is 0 Å². The molecular weight excluding hydrogens is 404 g/mol. The molecule has 0 radical (unpaired) electrons. The van der Waals surface area contributed by atoms with Gasteiger partial charge in [-0.2, -0.15) is 13.5 Å². The Balaban J connectivity index is 1.56. The summed E-state index contributed by atoms with van der Waals surface area (Å²) in [5.41, 5.74) is 1.43. The maximum Gasteiger partial charge on any atom is 0.387 e. The molecular formula is C18H17F2N5O3S. The monoisotopic (exact) mass is 421 g/mol. The molecule has 1 N–H and O–H groups in total. The normalized spacial score (nSPS) is 10.9. The molecule has 0 aliphatic rings. The van der Waals surface area contributed by atoms with E-state index in [-0.39, 0.29) is 23.2 Å². The molecule has 8 nitrogen and oxygen atoms in total. The highest BCUT2D eigenvalue weighted by Crippen LogP contribution is 2.21. The van der Waals surface area contributed by atoms with Gasteiger partial charge in [-0.05, 0) is 52.4 Å². The number of ether oxygens (including phenoxy) is 1. The topological polar surface area (TPSA) is 93.4 Å². The second kappa shape index (κ2) is 9.32. The van der Waals surface area contributed by atoms with Crippen LogP contribution in [0, 0.1) is 0 Å². The quantitative estimate of drug-likeness (QED) is 0.559. The molecule has 0 aliphatic heterocycles. The van der Waals surface area contributed by atoms with Gasteiger partial charge in [0, 0.05) is 13.6 Å². The van der Waals surface area contributed by atoms with Crippen molar-refractivity contribution < 1.29 is 23.4 Å². The van der Waals surface area contributed by atoms with Crippen molar-refractivity contribution in [2.75, 3.05) is 12.8 Å². The van der Waals surface area contributed by atoms with Crippen molar-refractivity contribution in [3.63, 3.8) is 0 Å². The molecule has 152 valence electrons. The summed E-state index contributed by atoms with van der Waals surface area (Å²) in [6.07, 6.45) is 0. The number of carbonyl (C=O) groups is 1. The first-order valence-electron chi connectivity index (χ1n) is 8.40. The molecule has 0 aliphatic carbocycles. The minimum atomic E-state index is -2.87. The van der Waals surface area contributed by atoms with Gasteiger partial charge in [-0.1, -0.05) is 23.9 Å². The van der Waals surface area contributed by atoms with E-state index in [0.717, 1.165) is 5.56 Å². The second-order valence-corrected chi connectivity index (χ2v) is 6.89. The lowest BCUT2D eigenvalue weighted by Crippen LogP contribution is -2.27. The number of carbonyl (C=O) groups excluding carboxylic acids is 1. The molecule has 0 saturated heterocycles. The Labute approximate surface area is 169 Å². The molecule has 0 bridgehead atoms. The van der Waals surface area contributed by atoms with Crippen LogP contribution >= 0.6 is 11.8 Å². The van der Waals surface area contributed by atoms with Crippen molar-refractivity contribution >= 4 is 17.7 Å². The summed E-state index contributed by atoms with van der Waals surface area (Å²) in [5, 5.41) is 21.3. The van der Waals surface area contributed by atoms with Crippen molar-refractivity contribution in [2.45, 2.75) is 18.3 Å². The zero-order valence-electron chi connectivity index (χ0n) is 15.3. The maximum absolute atomic E-state index is 12.4. The average molecular weight is 421 g/mol. The first-order valence-corrected chi connectivity index (χ1v) is 9.39. The van der Waals surface area contributed by atoms with E-state index in [1.807, 2.05) is 0 Å². The third kappa shape index (κ3) is 5.64. The van der Waals surface area contributed by atoms with Crippen molar-refractivity contribution in [1.82, 2.24) is 25.1 Å². The third-order valence-corrected chi connectivity index (χ3v) is 4.76. The Morgan fingerprint density at radius 3 is 2.55 bits per heavy atom. The minimum absolute atomic E-state index is 0.0642. The number of aromatic hydroxyl groups is 1. The van der Waals surface area contributed by atoms with E-state index in [1.165, 1.54) is 45.6 Å². The van der Waals surface area contributed by atoms with E-state index in [2.05, 4.69) is 20.3 Å². The van der Waals surface area contributed by atoms with Crippen LogP contribution in [-0.4, -0.2) is 55.5 Å². The molecule has 0 fully saturated rings. The molecule has 3 aromatic rings. The number of rotatable bonds is 8. The van der Waals surface area contributed by atoms with Crippen LogP contribution in [0.2, 0.25) is 0 Å². The number of alkyl halides is 2. The molecule has 0 unspecified atom stereocenters. The Bertz CT molecular complexity index is 951. The molecule has 0 saturated carbocycles. The number of benzene rings is 2. The van der Waals surface area contributed by atoms with E-state index >= 15 is 0 Å². The van der Waals surface area contributed by atoms with Gasteiger partial charge in [0.15, 0.2) is 0 Å². The van der Waals surface area contributed by atoms with Gasteiger partial charge < -0.3 is 14.7 Å². The van der Waals surface area contributed by atoms with Crippen molar-refractivity contribution in [1.29, 1.82) is 0 Å². The number of amides is 1. The van der Waals surface area contributed by atoms with Crippen LogP contribution in [0.15, 0.2) is 53.7 Å². The lowest BCUT2D eigenvalue weighted by molar-refractivity contribution is -0.127. The molecule has 29 heavy (non-hydrogen) atoms. The van der Waals surface area contributed by atoms with Gasteiger partial charge in [-0.3, -0.25) is 4.79 Å². The fourth-order valence-corrected chi connectivity index (χ4v) is 3.23. The molecule has 11 heteroatoms. The fourth-order valence-electron chi connectivity index (χ4n) is 2.40. The minimum Gasteiger partial charge on any atom is -0.508 e. The molecule has 1 aromatic heterocycles. The number of tetrazole rings is 1. The standard InChI is InChI=1S/C18H17F2N5O3S/c1-24(10-12-2-8-15(9-3-12)28-17(19)20)16(27)11-29-18-21-22-23-25(18)13-4-6-14(26)7-5-13/h2-9,17,26H,10-11H2,1H3. The number of nitrogens with zero attached hydrogens (tertiary/aromatic N) is 5. The van der Waals surface area contributed by atoms with Gasteiger partial charge in [-0.25, -0.2) is 0 Å². The van der Waals surface area contributed by atoms with E-state index < -0.39 is 6.61 Å². The van der Waals surface area contributed by atoms with Gasteiger partial charge in [0.05, 0.1) is 11.4 Å². The summed E-state index contributed by atoms with van der Waals surface area (Å²) < 4.78 is 30.2. The SMILES string of the molecule is CN(Cc1ccc(OC(F)F)cc1)C(=O)CSc1nnnn1-c1ccc(O)cc1. The highest BCUT2D eigenvalue weighted by atomic mass is 32.2. The third-order valence-electron chi connectivity index (χ3n) is 3.85. The summed E-state index contributed by atoms with van der Waals surface area (Å²) >= 11 is 1.18. The zero-order chi connectivity index (χ0) is 20.8. The molecule has 2 aromatic carbocycles. The highest BCUT2D eigenvalue weighted by molar-refractivity contribution is 7.99. The van der Waals surface area contributed by atoms with Crippen LogP contribution in [0.5, 0.6) is 11.5 Å². The van der Waals surface area contributed by atoms with Gasteiger partial charge in [-0.15, -0.1) is 5.10 Å². The van der Waals surface area contributed by atoms with Crippen molar-refractivity contribution in [3.8, 4) is 17.2 Å². The number of halogens is 2. The zero-order valence-corrected chi connectivity index (χ0v) is 16.1. The first-order chi connectivity index (χ1) is 13.9. The smallest absolute Gasteiger partial charge is 0.387 e. The van der Waals surface area contributed by atoms with E-state index in [1.54, 1.807) is 31.3 Å². The van der Waals surface area contributed by atoms with Gasteiger partial charge in [0.1, 0.15) is 11.5 Å². The number of hydrogen-bond acceptors (Lipinski definition) is 7. The average Bonchev–Trinajstić information content (AvgIpc) is 3.16. The highest BCUT2D eigenvalue weighted by Gasteiger charge is 2.15. The van der Waals surface area contributed by atoms with Gasteiger partial charge in [0.25, 0.3) is 0 Å². The van der Waals surface area contributed by atoms with Crippen LogP contribution in [0.4, 0.5) is 8.78 Å². The van der Waals surface area contributed by atoms with Gasteiger partial charge in [0.2, 0.25) is 11.1 Å². The summed E-state index contributed by atoms with van der Waals surface area (Å²) in [6.45, 7) is -2.56. The largest absolute Gasteiger partial charge is 0.508 e. The van der Waals surface area contributed by atoms with Crippen LogP contribution in [-0.2, 0) is 11.3 Å². The summed E-state index contributed by atoms with van der Waals surface area (Å²) in [4.78, 5) is 13.9. The molecule has 3 rings (SSSR count). The van der Waals surface area contributed by atoms with Crippen molar-refractivity contribution in [2.24, 2.45) is 0 Å². The lowest BCUT2D eigenvalue weighted by atomic mass is 10.2. The van der Waals surface area contributed by atoms with Crippen molar-refractivity contribution in [3.05, 3.63) is 54.1 Å². The van der Waals surface area contributed by atoms with Crippen LogP contribution in [0.1, 0.15) is 5.56 Å². The maximum atomic E-state index is 12.4. The molecule has 0 spiro atoms. The summed E-state index contributed by atoms with van der Waals surface area (Å²) in [6, 6.07) is 12.5. The molecule has 1 heterocycles. The van der Waals surface area contributed by atoms with E-state index in [0.29, 0.717) is 17.4 Å². The Kier molecular flexibility index (Phi) is 6.60. The first kappa shape index (κ1) is 20.5.